The highest BCUT2D eigenvalue weighted by Gasteiger charge is 2.30. The maximum absolute atomic E-state index is 11.8. The molecule has 0 bridgehead atoms. The number of carboxylic acids is 1. The van der Waals surface area contributed by atoms with Crippen LogP contribution < -0.4 is 5.32 Å². The van der Waals surface area contributed by atoms with Crippen LogP contribution in [0.15, 0.2) is 24.5 Å². The van der Waals surface area contributed by atoms with Gasteiger partial charge in [0.25, 0.3) is 0 Å². The fourth-order valence-electron chi connectivity index (χ4n) is 1.48. The predicted molar refractivity (Wildman–Crippen MR) is 66.8 cm³/mol. The lowest BCUT2D eigenvalue weighted by molar-refractivity contribution is -0.149. The molecule has 0 aliphatic rings. The van der Waals surface area contributed by atoms with E-state index in [0.717, 1.165) is 5.56 Å². The van der Waals surface area contributed by atoms with Crippen molar-refractivity contribution in [1.29, 1.82) is 0 Å². The van der Waals surface area contributed by atoms with Crippen molar-refractivity contribution in [2.24, 2.45) is 5.41 Å². The molecule has 0 aliphatic heterocycles. The highest BCUT2D eigenvalue weighted by molar-refractivity contribution is 5.84. The first-order valence-corrected chi connectivity index (χ1v) is 5.75. The summed E-state index contributed by atoms with van der Waals surface area (Å²) in [5.74, 6) is -1.26. The molecule has 0 aromatic carbocycles. The first kappa shape index (κ1) is 14.2. The zero-order valence-corrected chi connectivity index (χ0v) is 10.8. The Balaban J connectivity index is 2.58. The van der Waals surface area contributed by atoms with Crippen LogP contribution in [-0.4, -0.2) is 22.0 Å². The second kappa shape index (κ2) is 5.62. The minimum absolute atomic E-state index is 0.0487. The molecule has 1 aromatic heterocycles. The summed E-state index contributed by atoms with van der Waals surface area (Å²) in [6.45, 7) is 4.90. The fraction of sp³-hybridized carbons (Fsp3) is 0.462. The first-order valence-electron chi connectivity index (χ1n) is 5.75. The number of rotatable bonds is 5. The Kier molecular flexibility index (Phi) is 4.42. The maximum atomic E-state index is 11.8. The molecule has 0 radical (unpaired) electrons. The Morgan fingerprint density at radius 1 is 1.50 bits per heavy atom. The van der Waals surface area contributed by atoms with Gasteiger partial charge in [0.15, 0.2) is 0 Å². The van der Waals surface area contributed by atoms with Crippen molar-refractivity contribution in [2.45, 2.75) is 33.2 Å². The lowest BCUT2D eigenvalue weighted by Gasteiger charge is -2.20. The SMILES string of the molecule is C[C@@H](NC(=O)CC(C)(C)C(=O)O)c1cccnc1. The maximum Gasteiger partial charge on any atom is 0.309 e. The number of carbonyl (C=O) groups excluding carboxylic acids is 1. The first-order chi connectivity index (χ1) is 8.33. The molecule has 1 heterocycles. The molecular formula is C13H18N2O3. The van der Waals surface area contributed by atoms with Gasteiger partial charge in [-0.15, -0.1) is 0 Å². The van der Waals surface area contributed by atoms with Gasteiger partial charge in [-0.2, -0.15) is 0 Å². The number of hydrogen-bond acceptors (Lipinski definition) is 3. The van der Waals surface area contributed by atoms with E-state index in [1.807, 2.05) is 13.0 Å². The molecule has 0 unspecified atom stereocenters. The van der Waals surface area contributed by atoms with Gasteiger partial charge in [-0.3, -0.25) is 14.6 Å². The minimum atomic E-state index is -1.06. The lowest BCUT2D eigenvalue weighted by Crippen LogP contribution is -2.34. The number of carbonyl (C=O) groups is 2. The average Bonchev–Trinajstić information content (AvgIpc) is 2.29. The van der Waals surface area contributed by atoms with Crippen LogP contribution in [0, 0.1) is 5.41 Å². The Morgan fingerprint density at radius 3 is 2.67 bits per heavy atom. The molecule has 1 amide bonds. The molecule has 5 heteroatoms. The second-order valence-electron chi connectivity index (χ2n) is 4.94. The molecular weight excluding hydrogens is 232 g/mol. The smallest absolute Gasteiger partial charge is 0.309 e. The molecule has 18 heavy (non-hydrogen) atoms. The third-order valence-electron chi connectivity index (χ3n) is 2.74. The van der Waals surface area contributed by atoms with Crippen molar-refractivity contribution < 1.29 is 14.7 Å². The number of carboxylic acid groups (broad SMARTS) is 1. The number of hydrogen-bond donors (Lipinski definition) is 2. The highest BCUT2D eigenvalue weighted by Crippen LogP contribution is 2.21. The van der Waals surface area contributed by atoms with Gasteiger partial charge in [-0.25, -0.2) is 0 Å². The van der Waals surface area contributed by atoms with Crippen LogP contribution in [0.3, 0.4) is 0 Å². The van der Waals surface area contributed by atoms with Crippen LogP contribution in [-0.2, 0) is 9.59 Å². The van der Waals surface area contributed by atoms with Crippen molar-refractivity contribution in [2.75, 3.05) is 0 Å². The summed E-state index contributed by atoms with van der Waals surface area (Å²) in [5, 5.41) is 11.7. The molecule has 0 spiro atoms. The number of aliphatic carboxylic acids is 1. The zero-order valence-electron chi connectivity index (χ0n) is 10.8. The highest BCUT2D eigenvalue weighted by atomic mass is 16.4. The van der Waals surface area contributed by atoms with Crippen molar-refractivity contribution in [3.05, 3.63) is 30.1 Å². The standard InChI is InChI=1S/C13H18N2O3/c1-9(10-5-4-6-14-8-10)15-11(16)7-13(2,3)12(17)18/h4-6,8-9H,7H2,1-3H3,(H,15,16)(H,17,18)/t9-/m1/s1. The normalized spacial score (nSPS) is 12.8. The van der Waals surface area contributed by atoms with E-state index < -0.39 is 11.4 Å². The lowest BCUT2D eigenvalue weighted by atomic mass is 9.89. The number of amides is 1. The summed E-state index contributed by atoms with van der Waals surface area (Å²) in [4.78, 5) is 26.6. The van der Waals surface area contributed by atoms with Crippen LogP contribution in [0.2, 0.25) is 0 Å². The van der Waals surface area contributed by atoms with E-state index in [0.29, 0.717) is 0 Å². The summed E-state index contributed by atoms with van der Waals surface area (Å²) in [6, 6.07) is 3.47. The van der Waals surface area contributed by atoms with Crippen LogP contribution in [0.5, 0.6) is 0 Å². The summed E-state index contributed by atoms with van der Waals surface area (Å²) >= 11 is 0. The number of nitrogens with zero attached hydrogens (tertiary/aromatic N) is 1. The van der Waals surface area contributed by atoms with Crippen molar-refractivity contribution in [3.63, 3.8) is 0 Å². The molecule has 1 atom stereocenters. The quantitative estimate of drug-likeness (QED) is 0.834. The van der Waals surface area contributed by atoms with Crippen LogP contribution in [0.25, 0.3) is 0 Å². The van der Waals surface area contributed by atoms with Gasteiger partial charge in [-0.05, 0) is 32.4 Å². The van der Waals surface area contributed by atoms with E-state index >= 15 is 0 Å². The average molecular weight is 250 g/mol. The molecule has 0 aliphatic carbocycles. The van der Waals surface area contributed by atoms with Gasteiger partial charge >= 0.3 is 5.97 Å². The second-order valence-corrected chi connectivity index (χ2v) is 4.94. The Labute approximate surface area is 106 Å². The van der Waals surface area contributed by atoms with Crippen LogP contribution in [0.1, 0.15) is 38.8 Å². The molecule has 2 N–H and O–H groups in total. The number of nitrogens with one attached hydrogen (secondary N) is 1. The Morgan fingerprint density at radius 2 is 2.17 bits per heavy atom. The molecule has 5 nitrogen and oxygen atoms in total. The van der Waals surface area contributed by atoms with Crippen molar-refractivity contribution in [1.82, 2.24) is 10.3 Å². The van der Waals surface area contributed by atoms with E-state index in [2.05, 4.69) is 10.3 Å². The number of pyridine rings is 1. The molecule has 98 valence electrons. The molecule has 0 saturated heterocycles. The van der Waals surface area contributed by atoms with Gasteiger partial charge in [0, 0.05) is 18.8 Å². The number of aromatic nitrogens is 1. The van der Waals surface area contributed by atoms with E-state index in [-0.39, 0.29) is 18.4 Å². The van der Waals surface area contributed by atoms with E-state index in [1.54, 1.807) is 18.5 Å². The molecule has 1 rings (SSSR count). The fourth-order valence-corrected chi connectivity index (χ4v) is 1.48. The van der Waals surface area contributed by atoms with Gasteiger partial charge in [-0.1, -0.05) is 6.07 Å². The van der Waals surface area contributed by atoms with Crippen molar-refractivity contribution >= 4 is 11.9 Å². The van der Waals surface area contributed by atoms with Gasteiger partial charge in [0.05, 0.1) is 11.5 Å². The van der Waals surface area contributed by atoms with E-state index in [1.165, 1.54) is 13.8 Å². The molecule has 0 saturated carbocycles. The minimum Gasteiger partial charge on any atom is -0.481 e. The monoisotopic (exact) mass is 250 g/mol. The predicted octanol–water partition coefficient (Wildman–Crippen LogP) is 1.76. The Bertz CT molecular complexity index is 429. The summed E-state index contributed by atoms with van der Waals surface area (Å²) in [5.41, 5.74) is -0.169. The van der Waals surface area contributed by atoms with Crippen LogP contribution in [0.4, 0.5) is 0 Å². The third-order valence-corrected chi connectivity index (χ3v) is 2.74. The Hall–Kier alpha value is -1.91. The van der Waals surface area contributed by atoms with Crippen molar-refractivity contribution in [3.8, 4) is 0 Å². The summed E-state index contributed by atoms with van der Waals surface area (Å²) < 4.78 is 0. The zero-order chi connectivity index (χ0) is 13.8. The van der Waals surface area contributed by atoms with E-state index in [9.17, 15) is 9.59 Å². The largest absolute Gasteiger partial charge is 0.481 e. The third kappa shape index (κ3) is 3.84. The molecule has 1 aromatic rings. The van der Waals surface area contributed by atoms with Gasteiger partial charge in [0.2, 0.25) is 5.91 Å². The van der Waals surface area contributed by atoms with Gasteiger partial charge < -0.3 is 10.4 Å². The summed E-state index contributed by atoms with van der Waals surface area (Å²) in [7, 11) is 0. The summed E-state index contributed by atoms with van der Waals surface area (Å²) in [6.07, 6.45) is 3.28. The van der Waals surface area contributed by atoms with Gasteiger partial charge in [0.1, 0.15) is 0 Å². The molecule has 0 fully saturated rings. The van der Waals surface area contributed by atoms with Crippen LogP contribution >= 0.6 is 0 Å². The topological polar surface area (TPSA) is 79.3 Å². The van der Waals surface area contributed by atoms with E-state index in [4.69, 9.17) is 5.11 Å².